The zero-order valence-electron chi connectivity index (χ0n) is 16.3. The lowest BCUT2D eigenvalue weighted by Crippen LogP contribution is -1.88. The Hall–Kier alpha value is -4.53. The van der Waals surface area contributed by atoms with Crippen molar-refractivity contribution in [1.29, 1.82) is 0 Å². The molecule has 2 aromatic carbocycles. The number of aromatic nitrogens is 7. The molecule has 0 aliphatic carbocycles. The predicted molar refractivity (Wildman–Crippen MR) is 115 cm³/mol. The average molecular weight is 425 g/mol. The maximum Gasteiger partial charge on any atom is 0.178 e. The van der Waals surface area contributed by atoms with Crippen molar-refractivity contribution in [3.8, 4) is 33.8 Å². The molecule has 0 aliphatic heterocycles. The van der Waals surface area contributed by atoms with E-state index in [-0.39, 0.29) is 5.82 Å². The molecule has 0 atom stereocenters. The molecule has 4 heterocycles. The fourth-order valence-corrected chi connectivity index (χ4v) is 3.77. The molecule has 0 radical (unpaired) electrons. The Labute approximate surface area is 179 Å². The summed E-state index contributed by atoms with van der Waals surface area (Å²) in [5.74, 6) is -0.234. The van der Waals surface area contributed by atoms with E-state index in [2.05, 4.69) is 35.1 Å². The van der Waals surface area contributed by atoms with E-state index in [0.29, 0.717) is 44.7 Å². The highest BCUT2D eigenvalue weighted by molar-refractivity contribution is 5.97. The van der Waals surface area contributed by atoms with E-state index in [0.717, 1.165) is 11.1 Å². The largest absolute Gasteiger partial charge is 0.335 e. The first-order chi connectivity index (χ1) is 15.7. The van der Waals surface area contributed by atoms with Gasteiger partial charge in [0, 0.05) is 46.7 Å². The van der Waals surface area contributed by atoms with E-state index < -0.39 is 5.82 Å². The summed E-state index contributed by atoms with van der Waals surface area (Å²) in [6.07, 6.45) is 6.15. The molecule has 32 heavy (non-hydrogen) atoms. The molecule has 7 nitrogen and oxygen atoms in total. The predicted octanol–water partition coefficient (Wildman–Crippen LogP) is 4.90. The number of nitrogens with zero attached hydrogens (tertiary/aromatic N) is 5. The normalized spacial score (nSPS) is 11.4. The summed E-state index contributed by atoms with van der Waals surface area (Å²) in [5.41, 5.74) is 4.84. The van der Waals surface area contributed by atoms with Crippen molar-refractivity contribution in [1.82, 2.24) is 35.1 Å². The molecule has 0 amide bonds. The molecule has 0 saturated heterocycles. The van der Waals surface area contributed by atoms with Gasteiger partial charge < -0.3 is 4.98 Å². The summed E-state index contributed by atoms with van der Waals surface area (Å²) in [5, 5.41) is 7.90. The van der Waals surface area contributed by atoms with Crippen LogP contribution in [0.2, 0.25) is 0 Å². The number of halogens is 2. The number of hydrogen-bond donors (Lipinski definition) is 2. The first-order valence-electron chi connectivity index (χ1n) is 9.71. The lowest BCUT2D eigenvalue weighted by atomic mass is 10.0. The van der Waals surface area contributed by atoms with E-state index in [4.69, 9.17) is 0 Å². The van der Waals surface area contributed by atoms with Crippen molar-refractivity contribution in [3.05, 3.63) is 79.0 Å². The van der Waals surface area contributed by atoms with E-state index in [9.17, 15) is 8.78 Å². The standard InChI is InChI=1S/C23H13F2N7/c24-14-3-1-12(2-4-14)15-5-6-28-22-20(15)29-23(30-22)21-17-7-16(13-9-26-11-27-10-13)18(25)8-19(17)31-32-21/h1-11H,(H,31,32)(H,28,29,30). The van der Waals surface area contributed by atoms with Gasteiger partial charge in [-0.05, 0) is 29.8 Å². The number of H-pyrrole nitrogens is 2. The quantitative estimate of drug-likeness (QED) is 0.420. The van der Waals surface area contributed by atoms with Crippen LogP contribution in [0.4, 0.5) is 8.78 Å². The van der Waals surface area contributed by atoms with Gasteiger partial charge in [-0.2, -0.15) is 5.10 Å². The first-order valence-corrected chi connectivity index (χ1v) is 9.71. The molecular formula is C23H13F2N7. The Bertz CT molecular complexity index is 1590. The monoisotopic (exact) mass is 425 g/mol. The number of benzene rings is 2. The van der Waals surface area contributed by atoms with Gasteiger partial charge in [0.1, 0.15) is 23.7 Å². The molecule has 0 spiro atoms. The fourth-order valence-electron chi connectivity index (χ4n) is 3.77. The minimum atomic E-state index is -0.410. The van der Waals surface area contributed by atoms with Crippen LogP contribution in [0, 0.1) is 11.6 Å². The molecular weight excluding hydrogens is 412 g/mol. The lowest BCUT2D eigenvalue weighted by molar-refractivity contribution is 0.628. The van der Waals surface area contributed by atoms with Gasteiger partial charge in [-0.1, -0.05) is 12.1 Å². The minimum Gasteiger partial charge on any atom is -0.335 e. The number of nitrogens with one attached hydrogen (secondary N) is 2. The lowest BCUT2D eigenvalue weighted by Gasteiger charge is -2.03. The van der Waals surface area contributed by atoms with Gasteiger partial charge in [-0.3, -0.25) is 5.10 Å². The molecule has 4 aromatic heterocycles. The number of fused-ring (bicyclic) bond motifs is 2. The van der Waals surface area contributed by atoms with Crippen LogP contribution in [-0.4, -0.2) is 35.1 Å². The van der Waals surface area contributed by atoms with Gasteiger partial charge in [-0.25, -0.2) is 28.7 Å². The van der Waals surface area contributed by atoms with Crippen molar-refractivity contribution in [2.24, 2.45) is 0 Å². The highest BCUT2D eigenvalue weighted by atomic mass is 19.1. The SMILES string of the molecule is Fc1ccc(-c2ccnc3nc(-c4n[nH]c5cc(F)c(-c6cncnc6)cc45)[nH]c23)cc1. The number of imidazole rings is 1. The second kappa shape index (κ2) is 7.02. The number of hydrogen-bond acceptors (Lipinski definition) is 5. The summed E-state index contributed by atoms with van der Waals surface area (Å²) in [6, 6.07) is 11.1. The van der Waals surface area contributed by atoms with Gasteiger partial charge in [0.15, 0.2) is 11.5 Å². The Morgan fingerprint density at radius 2 is 1.66 bits per heavy atom. The van der Waals surface area contributed by atoms with Gasteiger partial charge in [0.2, 0.25) is 0 Å². The molecule has 2 N–H and O–H groups in total. The Balaban J connectivity index is 1.52. The molecule has 9 heteroatoms. The third kappa shape index (κ3) is 2.90. The van der Waals surface area contributed by atoms with Gasteiger partial charge in [-0.15, -0.1) is 0 Å². The maximum atomic E-state index is 14.7. The fraction of sp³-hybridized carbons (Fsp3) is 0. The van der Waals surface area contributed by atoms with Crippen LogP contribution in [-0.2, 0) is 0 Å². The third-order valence-corrected chi connectivity index (χ3v) is 5.29. The smallest absolute Gasteiger partial charge is 0.178 e. The van der Waals surface area contributed by atoms with E-state index in [1.165, 1.54) is 24.5 Å². The van der Waals surface area contributed by atoms with E-state index in [1.807, 2.05) is 6.07 Å². The van der Waals surface area contributed by atoms with Crippen molar-refractivity contribution >= 4 is 22.1 Å². The van der Waals surface area contributed by atoms with Crippen LogP contribution in [0.15, 0.2) is 67.4 Å². The number of rotatable bonds is 3. The third-order valence-electron chi connectivity index (χ3n) is 5.29. The topological polar surface area (TPSA) is 96.0 Å². The molecule has 0 bridgehead atoms. The van der Waals surface area contributed by atoms with Gasteiger partial charge in [0.05, 0.1) is 11.0 Å². The highest BCUT2D eigenvalue weighted by Crippen LogP contribution is 2.33. The Morgan fingerprint density at radius 1 is 0.844 bits per heavy atom. The minimum absolute atomic E-state index is 0.306. The summed E-state index contributed by atoms with van der Waals surface area (Å²) in [7, 11) is 0. The summed E-state index contributed by atoms with van der Waals surface area (Å²) < 4.78 is 28.0. The second-order valence-corrected chi connectivity index (χ2v) is 7.23. The molecule has 0 aliphatic rings. The van der Waals surface area contributed by atoms with Crippen molar-refractivity contribution < 1.29 is 8.78 Å². The van der Waals surface area contributed by atoms with Crippen molar-refractivity contribution in [3.63, 3.8) is 0 Å². The molecule has 6 aromatic rings. The summed E-state index contributed by atoms with van der Waals surface area (Å²) in [4.78, 5) is 20.2. The van der Waals surface area contributed by atoms with Gasteiger partial charge >= 0.3 is 0 Å². The Kier molecular flexibility index (Phi) is 4.00. The zero-order chi connectivity index (χ0) is 21.7. The second-order valence-electron chi connectivity index (χ2n) is 7.23. The summed E-state index contributed by atoms with van der Waals surface area (Å²) in [6.45, 7) is 0. The van der Waals surface area contributed by atoms with E-state index in [1.54, 1.807) is 36.8 Å². The molecule has 0 unspecified atom stereocenters. The molecule has 154 valence electrons. The van der Waals surface area contributed by atoms with Crippen molar-refractivity contribution in [2.75, 3.05) is 0 Å². The molecule has 6 rings (SSSR count). The molecule has 0 saturated carbocycles. The maximum absolute atomic E-state index is 14.7. The molecule has 0 fully saturated rings. The van der Waals surface area contributed by atoms with E-state index >= 15 is 0 Å². The van der Waals surface area contributed by atoms with Crippen molar-refractivity contribution in [2.45, 2.75) is 0 Å². The van der Waals surface area contributed by atoms with Crippen LogP contribution in [0.3, 0.4) is 0 Å². The number of aromatic amines is 2. The average Bonchev–Trinajstić information content (AvgIpc) is 3.43. The van der Waals surface area contributed by atoms with Crippen LogP contribution in [0.25, 0.3) is 55.8 Å². The summed E-state index contributed by atoms with van der Waals surface area (Å²) >= 11 is 0. The first kappa shape index (κ1) is 18.3. The van der Waals surface area contributed by atoms with Gasteiger partial charge in [0.25, 0.3) is 0 Å². The van der Waals surface area contributed by atoms with Crippen LogP contribution in [0.1, 0.15) is 0 Å². The van der Waals surface area contributed by atoms with Crippen LogP contribution >= 0.6 is 0 Å². The Morgan fingerprint density at radius 3 is 2.47 bits per heavy atom. The van der Waals surface area contributed by atoms with Crippen LogP contribution < -0.4 is 0 Å². The van der Waals surface area contributed by atoms with Crippen LogP contribution in [0.5, 0.6) is 0 Å². The highest BCUT2D eigenvalue weighted by Gasteiger charge is 2.18. The zero-order valence-corrected chi connectivity index (χ0v) is 16.3. The number of pyridine rings is 1.